The van der Waals surface area contributed by atoms with Gasteiger partial charge >= 0.3 is 6.03 Å². The summed E-state index contributed by atoms with van der Waals surface area (Å²) in [5.41, 5.74) is 5.89. The molecule has 80 heavy (non-hydrogen) atoms. The van der Waals surface area contributed by atoms with Crippen LogP contribution in [-0.4, -0.2) is 164 Å². The number of urea groups is 1. The summed E-state index contributed by atoms with van der Waals surface area (Å²) in [6, 6.07) is 11.7. The van der Waals surface area contributed by atoms with E-state index in [1.807, 2.05) is 47.7 Å². The first-order valence-electron chi connectivity index (χ1n) is 27.4. The van der Waals surface area contributed by atoms with Gasteiger partial charge in [0, 0.05) is 73.4 Å². The SMILES string of the molecule is CN[C@H](CN(C)[C@H](CNC(/C=C(\C)C(=O)NS(=O)(=O)c1ccc(N[C@H](COCCOCCOCCC(=O)N[C@@H](C(=O)N[C@H](C)CCCNC(N)=O)C(C)C)N2C(=O)C=CC2=O)c(F)c1)C(C)C)C(C)(C)C)C(C)(C)c1ccccc1. The van der Waals surface area contributed by atoms with Crippen LogP contribution >= 0.6 is 0 Å². The molecular weight excluding hydrogens is 1050 g/mol. The Labute approximate surface area is 473 Å². The number of ether oxygens (including phenoxy) is 3. The molecule has 1 unspecified atom stereocenters. The van der Waals surface area contributed by atoms with Crippen LogP contribution in [-0.2, 0) is 53.6 Å². The van der Waals surface area contributed by atoms with Gasteiger partial charge in [0.2, 0.25) is 11.8 Å². The number of nitrogens with zero attached hydrogens (tertiary/aromatic N) is 2. The van der Waals surface area contributed by atoms with E-state index >= 15 is 4.39 Å². The van der Waals surface area contributed by atoms with Crippen LogP contribution in [0.4, 0.5) is 14.9 Å². The molecule has 0 saturated carbocycles. The van der Waals surface area contributed by atoms with Gasteiger partial charge in [-0.15, -0.1) is 0 Å². The molecule has 0 fully saturated rings. The maximum Gasteiger partial charge on any atom is 0.312 e. The lowest BCUT2D eigenvalue weighted by Gasteiger charge is -2.44. The van der Waals surface area contributed by atoms with Crippen LogP contribution in [0, 0.1) is 23.1 Å². The number of anilines is 1. The van der Waals surface area contributed by atoms with Gasteiger partial charge in [-0.25, -0.2) is 22.3 Å². The molecule has 23 heteroatoms. The molecule has 9 N–H and O–H groups in total. The molecule has 3 rings (SSSR count). The summed E-state index contributed by atoms with van der Waals surface area (Å²) in [5, 5.41) is 18.1. The standard InChI is InChI=1S/C57H91FN10O11S/c1-37(2)45(62-34-47(56(7,8)9)67(13)35-46(60-12)57(10,11)41-19-15-14-16-20-41)32-39(5)53(72)66-80(75,76)42-21-22-44(43(58)33-42)64-48(68-50(70)23-24-51(68)71)36-79-31-30-78-29-28-77-27-25-49(69)65-52(38(3)4)54(73)63-40(6)18-17-26-61-55(59)74/h14-16,19-24,32-33,37-38,40,45-48,52,60,62,64H,17-18,25-31,34-36H2,1-13H3,(H,63,73)(H,65,69)(H,66,72)(H3,59,61,74)/b39-32+/t40-,45?,46-,47-,48+,52-/m1/s1. The molecule has 1 aliphatic heterocycles. The Morgan fingerprint density at radius 1 is 0.850 bits per heavy atom. The molecule has 448 valence electrons. The summed E-state index contributed by atoms with van der Waals surface area (Å²) in [7, 11) is -0.480. The highest BCUT2D eigenvalue weighted by Gasteiger charge is 2.36. The molecule has 0 saturated heterocycles. The Kier molecular flexibility index (Phi) is 27.9. The van der Waals surface area contributed by atoms with Gasteiger partial charge in [0.05, 0.1) is 50.2 Å². The van der Waals surface area contributed by atoms with E-state index in [0.717, 1.165) is 41.8 Å². The monoisotopic (exact) mass is 1140 g/mol. The highest BCUT2D eigenvalue weighted by molar-refractivity contribution is 7.90. The second-order valence-corrected chi connectivity index (χ2v) is 24.3. The number of likely N-dealkylation sites (N-methyl/N-ethyl adjacent to an activating group) is 2. The molecular formula is C57H91FN10O11S. The Balaban J connectivity index is 1.53. The predicted molar refractivity (Wildman–Crippen MR) is 307 cm³/mol. The minimum atomic E-state index is -4.58. The zero-order valence-electron chi connectivity index (χ0n) is 49.2. The number of nitrogens with one attached hydrogen (secondary N) is 7. The second-order valence-electron chi connectivity index (χ2n) is 22.6. The third-order valence-corrected chi connectivity index (χ3v) is 15.3. The van der Waals surface area contributed by atoms with Gasteiger partial charge < -0.3 is 56.7 Å². The molecule has 0 aliphatic carbocycles. The maximum absolute atomic E-state index is 15.8. The van der Waals surface area contributed by atoms with Gasteiger partial charge in [0.15, 0.2) is 0 Å². The Morgan fingerprint density at radius 3 is 2.02 bits per heavy atom. The fourth-order valence-electron chi connectivity index (χ4n) is 9.09. The van der Waals surface area contributed by atoms with Crippen molar-refractivity contribution in [1.29, 1.82) is 0 Å². The van der Waals surface area contributed by atoms with Crippen molar-refractivity contribution >= 4 is 51.3 Å². The average Bonchev–Trinajstić information content (AvgIpc) is 3.71. The molecule has 0 bridgehead atoms. The van der Waals surface area contributed by atoms with Crippen molar-refractivity contribution in [1.82, 2.24) is 41.1 Å². The van der Waals surface area contributed by atoms with Crippen molar-refractivity contribution < 1.29 is 55.8 Å². The fourth-order valence-corrected chi connectivity index (χ4v) is 10.1. The van der Waals surface area contributed by atoms with Crippen molar-refractivity contribution in [2.45, 2.75) is 142 Å². The number of carbonyl (C=O) groups excluding carboxylic acids is 6. The largest absolute Gasteiger partial charge is 0.379 e. The summed E-state index contributed by atoms with van der Waals surface area (Å²) in [6.45, 7) is 23.9. The van der Waals surface area contributed by atoms with Crippen molar-refractivity contribution in [3.05, 3.63) is 83.7 Å². The topological polar surface area (TPSA) is 281 Å². The summed E-state index contributed by atoms with van der Waals surface area (Å²) >= 11 is 0. The Morgan fingerprint density at radius 2 is 1.46 bits per heavy atom. The highest BCUT2D eigenvalue weighted by atomic mass is 32.2. The molecule has 1 heterocycles. The molecule has 7 amide bonds. The number of nitrogens with two attached hydrogens (primary N) is 1. The van der Waals surface area contributed by atoms with Crippen molar-refractivity contribution in [2.75, 3.05) is 78.7 Å². The summed E-state index contributed by atoms with van der Waals surface area (Å²) in [5.74, 6) is -4.13. The normalized spacial score (nSPS) is 15.7. The third kappa shape index (κ3) is 22.3. The molecule has 2 aromatic carbocycles. The van der Waals surface area contributed by atoms with E-state index in [0.29, 0.717) is 25.9 Å². The van der Waals surface area contributed by atoms with E-state index in [9.17, 15) is 37.2 Å². The van der Waals surface area contributed by atoms with Gasteiger partial charge in [0.25, 0.3) is 27.7 Å². The number of benzene rings is 2. The second kappa shape index (κ2) is 32.6. The van der Waals surface area contributed by atoms with E-state index < -0.39 is 56.7 Å². The van der Waals surface area contributed by atoms with E-state index in [1.54, 1.807) is 6.08 Å². The lowest BCUT2D eigenvalue weighted by molar-refractivity contribution is -0.140. The summed E-state index contributed by atoms with van der Waals surface area (Å²) in [6.07, 6.45) is 3.83. The molecule has 0 aromatic heterocycles. The van der Waals surface area contributed by atoms with Gasteiger partial charge in [-0.1, -0.05) is 98.7 Å². The van der Waals surface area contributed by atoms with Crippen molar-refractivity contribution in [3.8, 4) is 0 Å². The number of amides is 7. The van der Waals surface area contributed by atoms with E-state index in [1.165, 1.54) is 12.5 Å². The predicted octanol–water partition coefficient (Wildman–Crippen LogP) is 4.30. The zero-order valence-corrected chi connectivity index (χ0v) is 50.0. The number of hydrogen-bond donors (Lipinski definition) is 8. The fraction of sp³-hybridized carbons (Fsp3) is 0.614. The average molecular weight is 1140 g/mol. The number of imide groups is 1. The molecule has 21 nitrogen and oxygen atoms in total. The van der Waals surface area contributed by atoms with Gasteiger partial charge in [0.1, 0.15) is 18.0 Å². The van der Waals surface area contributed by atoms with Gasteiger partial charge in [-0.05, 0) is 81.8 Å². The maximum atomic E-state index is 15.8. The van der Waals surface area contributed by atoms with E-state index in [4.69, 9.17) is 19.9 Å². The molecule has 0 spiro atoms. The smallest absolute Gasteiger partial charge is 0.312 e. The van der Waals surface area contributed by atoms with Crippen molar-refractivity contribution in [3.63, 3.8) is 0 Å². The van der Waals surface area contributed by atoms with Crippen LogP contribution in [0.5, 0.6) is 0 Å². The molecule has 0 radical (unpaired) electrons. The molecule has 2 aromatic rings. The van der Waals surface area contributed by atoms with E-state index in [-0.39, 0.29) is 116 Å². The zero-order chi connectivity index (χ0) is 60.0. The quantitative estimate of drug-likeness (QED) is 0.0268. The Bertz CT molecular complexity index is 2510. The number of primary amides is 1. The van der Waals surface area contributed by atoms with Crippen LogP contribution in [0.2, 0.25) is 0 Å². The van der Waals surface area contributed by atoms with Gasteiger partial charge in [-0.3, -0.25) is 28.9 Å². The Hall–Kier alpha value is -5.82. The lowest BCUT2D eigenvalue weighted by atomic mass is 9.77. The summed E-state index contributed by atoms with van der Waals surface area (Å²) in [4.78, 5) is 77.9. The van der Waals surface area contributed by atoms with Crippen LogP contribution in [0.1, 0.15) is 101 Å². The van der Waals surface area contributed by atoms with Crippen molar-refractivity contribution in [2.24, 2.45) is 23.0 Å². The van der Waals surface area contributed by atoms with Crippen LogP contribution < -0.4 is 42.4 Å². The van der Waals surface area contributed by atoms with Crippen LogP contribution in [0.15, 0.2) is 77.2 Å². The van der Waals surface area contributed by atoms with E-state index in [2.05, 4.69) is 107 Å². The van der Waals surface area contributed by atoms with Gasteiger partial charge in [-0.2, -0.15) is 0 Å². The molecule has 1 aliphatic rings. The summed E-state index contributed by atoms with van der Waals surface area (Å²) < 4.78 is 61.7. The molecule has 6 atom stereocenters. The number of hydrogen-bond acceptors (Lipinski definition) is 15. The third-order valence-electron chi connectivity index (χ3n) is 14.0. The first kappa shape index (κ1) is 68.5. The number of sulfonamides is 1. The van der Waals surface area contributed by atoms with Crippen LogP contribution in [0.25, 0.3) is 0 Å². The highest BCUT2D eigenvalue weighted by Crippen LogP contribution is 2.30. The minimum Gasteiger partial charge on any atom is -0.379 e. The first-order valence-corrected chi connectivity index (χ1v) is 28.9. The first-order chi connectivity index (χ1) is 37.5. The number of rotatable bonds is 36. The number of halogens is 1. The van der Waals surface area contributed by atoms with Crippen LogP contribution in [0.3, 0.4) is 0 Å². The number of carbonyl (C=O) groups is 6. The lowest BCUT2D eigenvalue weighted by Crippen LogP contribution is -2.56. The minimum absolute atomic E-state index is 0.00121.